The number of para-hydroxylation sites is 1. The molecule has 122 valence electrons. The molecule has 1 aliphatic heterocycles. The molecule has 0 spiro atoms. The Kier molecular flexibility index (Phi) is 3.86. The lowest BCUT2D eigenvalue weighted by atomic mass is 10.1. The number of benzene rings is 1. The second kappa shape index (κ2) is 6.31. The van der Waals surface area contributed by atoms with Gasteiger partial charge in [0.25, 0.3) is 5.91 Å². The predicted molar refractivity (Wildman–Crippen MR) is 89.9 cm³/mol. The number of amides is 1. The summed E-state index contributed by atoms with van der Waals surface area (Å²) in [6, 6.07) is 13.4. The number of carbonyl (C=O) groups excluding carboxylic acids is 1. The molecule has 1 aliphatic rings. The van der Waals surface area contributed by atoms with Crippen LogP contribution < -0.4 is 4.74 Å². The Morgan fingerprint density at radius 3 is 3.00 bits per heavy atom. The molecule has 0 radical (unpaired) electrons. The zero-order chi connectivity index (χ0) is 16.4. The van der Waals surface area contributed by atoms with Gasteiger partial charge in [0.05, 0.1) is 6.54 Å². The third kappa shape index (κ3) is 2.95. The van der Waals surface area contributed by atoms with Crippen molar-refractivity contribution in [2.75, 3.05) is 13.1 Å². The zero-order valence-corrected chi connectivity index (χ0v) is 13.2. The van der Waals surface area contributed by atoms with Gasteiger partial charge in [-0.15, -0.1) is 5.10 Å². The van der Waals surface area contributed by atoms with E-state index in [9.17, 15) is 4.79 Å². The van der Waals surface area contributed by atoms with Crippen LogP contribution in [0.25, 0.3) is 10.9 Å². The fourth-order valence-electron chi connectivity index (χ4n) is 3.10. The van der Waals surface area contributed by atoms with Crippen molar-refractivity contribution in [1.29, 1.82) is 0 Å². The van der Waals surface area contributed by atoms with Crippen molar-refractivity contribution in [3.63, 3.8) is 0 Å². The molecule has 0 bridgehead atoms. The van der Waals surface area contributed by atoms with Crippen molar-refractivity contribution in [2.45, 2.75) is 18.9 Å². The van der Waals surface area contributed by atoms with Gasteiger partial charge >= 0.3 is 0 Å². The number of hydrogen-bond acceptors (Lipinski definition) is 4. The van der Waals surface area contributed by atoms with Crippen molar-refractivity contribution >= 4 is 16.8 Å². The lowest BCUT2D eigenvalue weighted by Crippen LogP contribution is -2.44. The molecule has 2 aromatic heterocycles. The molecule has 0 aliphatic carbocycles. The predicted octanol–water partition coefficient (Wildman–Crippen LogP) is 2.64. The average molecular weight is 322 g/mol. The molecular formula is C18H18N4O2. The highest BCUT2D eigenvalue weighted by molar-refractivity contribution is 5.98. The topological polar surface area (TPSA) is 71.1 Å². The average Bonchev–Trinajstić information content (AvgIpc) is 3.06. The number of aromatic amines is 1. The van der Waals surface area contributed by atoms with Gasteiger partial charge < -0.3 is 14.6 Å². The van der Waals surface area contributed by atoms with Gasteiger partial charge in [0, 0.05) is 29.7 Å². The van der Waals surface area contributed by atoms with Crippen LogP contribution in [0.5, 0.6) is 5.88 Å². The summed E-state index contributed by atoms with van der Waals surface area (Å²) in [7, 11) is 0. The van der Waals surface area contributed by atoms with Crippen LogP contribution in [0.4, 0.5) is 0 Å². The molecule has 6 nitrogen and oxygen atoms in total. The highest BCUT2D eigenvalue weighted by Gasteiger charge is 2.26. The lowest BCUT2D eigenvalue weighted by Gasteiger charge is -2.32. The minimum Gasteiger partial charge on any atom is -0.471 e. The molecule has 1 saturated heterocycles. The lowest BCUT2D eigenvalue weighted by molar-refractivity contribution is 0.0521. The molecule has 3 aromatic rings. The number of carbonyl (C=O) groups is 1. The van der Waals surface area contributed by atoms with Crippen LogP contribution in [0.3, 0.4) is 0 Å². The Morgan fingerprint density at radius 2 is 2.17 bits per heavy atom. The molecule has 1 fully saturated rings. The van der Waals surface area contributed by atoms with E-state index in [0.717, 1.165) is 30.3 Å². The molecule has 6 heteroatoms. The highest BCUT2D eigenvalue weighted by Crippen LogP contribution is 2.20. The van der Waals surface area contributed by atoms with Crippen LogP contribution in [0.1, 0.15) is 23.3 Å². The monoisotopic (exact) mass is 322 g/mol. The molecule has 3 heterocycles. The van der Waals surface area contributed by atoms with E-state index >= 15 is 0 Å². The van der Waals surface area contributed by atoms with E-state index in [-0.39, 0.29) is 12.0 Å². The van der Waals surface area contributed by atoms with Crippen molar-refractivity contribution in [1.82, 2.24) is 20.1 Å². The first-order valence-corrected chi connectivity index (χ1v) is 8.11. The Hall–Kier alpha value is -2.89. The maximum atomic E-state index is 12.8. The zero-order valence-electron chi connectivity index (χ0n) is 13.2. The van der Waals surface area contributed by atoms with Gasteiger partial charge in [-0.05, 0) is 31.0 Å². The summed E-state index contributed by atoms with van der Waals surface area (Å²) in [5.74, 6) is 0.515. The van der Waals surface area contributed by atoms with Crippen molar-refractivity contribution in [3.05, 3.63) is 54.4 Å². The number of fused-ring (bicyclic) bond motifs is 1. The number of hydrogen-bond donors (Lipinski definition) is 1. The third-order valence-electron chi connectivity index (χ3n) is 4.26. The summed E-state index contributed by atoms with van der Waals surface area (Å²) in [4.78, 5) is 17.8. The minimum atomic E-state index is -0.0521. The molecule has 24 heavy (non-hydrogen) atoms. The fourth-order valence-corrected chi connectivity index (χ4v) is 3.10. The first-order chi connectivity index (χ1) is 11.8. The molecule has 4 rings (SSSR count). The summed E-state index contributed by atoms with van der Waals surface area (Å²) in [5.41, 5.74) is 1.60. The summed E-state index contributed by atoms with van der Waals surface area (Å²) in [5, 5.41) is 8.81. The number of rotatable bonds is 3. The second-order valence-corrected chi connectivity index (χ2v) is 5.97. The molecule has 0 unspecified atom stereocenters. The number of H-pyrrole nitrogens is 1. The SMILES string of the molecule is O=C(c1cc2ccccc2[nH]1)N1CCC[C@@H](Oc2cccnn2)C1. The Labute approximate surface area is 139 Å². The summed E-state index contributed by atoms with van der Waals surface area (Å²) < 4.78 is 5.85. The van der Waals surface area contributed by atoms with Crippen LogP contribution in [0.15, 0.2) is 48.7 Å². The first kappa shape index (κ1) is 14.7. The standard InChI is InChI=1S/C18H18N4O2/c23-18(16-11-13-5-1-2-7-15(13)20-16)22-10-4-6-14(12-22)24-17-8-3-9-19-21-17/h1-3,5,7-9,11,14,20H,4,6,10,12H2/t14-/m1/s1. The first-order valence-electron chi connectivity index (χ1n) is 8.11. The Bertz CT molecular complexity index is 813. The number of nitrogens with zero attached hydrogens (tertiary/aromatic N) is 3. The van der Waals surface area contributed by atoms with Gasteiger partial charge in [-0.2, -0.15) is 5.10 Å². The Balaban J connectivity index is 1.48. The Morgan fingerprint density at radius 1 is 1.25 bits per heavy atom. The van der Waals surface area contributed by atoms with E-state index in [1.54, 1.807) is 18.3 Å². The van der Waals surface area contributed by atoms with E-state index in [4.69, 9.17) is 4.74 Å². The number of aromatic nitrogens is 3. The third-order valence-corrected chi connectivity index (χ3v) is 4.26. The van der Waals surface area contributed by atoms with Crippen molar-refractivity contribution in [2.24, 2.45) is 0 Å². The van der Waals surface area contributed by atoms with E-state index in [1.165, 1.54) is 0 Å². The van der Waals surface area contributed by atoms with Gasteiger partial charge in [0.1, 0.15) is 11.8 Å². The minimum absolute atomic E-state index is 0.0126. The maximum absolute atomic E-state index is 12.8. The summed E-state index contributed by atoms with van der Waals surface area (Å²) in [6.45, 7) is 1.30. The number of nitrogens with one attached hydrogen (secondary N) is 1. The molecule has 1 N–H and O–H groups in total. The van der Waals surface area contributed by atoms with Crippen molar-refractivity contribution in [3.8, 4) is 5.88 Å². The van der Waals surface area contributed by atoms with Crippen LogP contribution >= 0.6 is 0 Å². The van der Waals surface area contributed by atoms with Gasteiger partial charge in [0.15, 0.2) is 0 Å². The fraction of sp³-hybridized carbons (Fsp3) is 0.278. The van der Waals surface area contributed by atoms with E-state index in [0.29, 0.717) is 18.1 Å². The van der Waals surface area contributed by atoms with E-state index in [1.807, 2.05) is 35.2 Å². The van der Waals surface area contributed by atoms with Crippen LogP contribution in [-0.2, 0) is 0 Å². The van der Waals surface area contributed by atoms with Crippen LogP contribution in [0, 0.1) is 0 Å². The van der Waals surface area contributed by atoms with Gasteiger partial charge in [-0.3, -0.25) is 4.79 Å². The largest absolute Gasteiger partial charge is 0.471 e. The second-order valence-electron chi connectivity index (χ2n) is 5.97. The molecule has 0 saturated carbocycles. The summed E-state index contributed by atoms with van der Waals surface area (Å²) >= 11 is 0. The molecule has 1 atom stereocenters. The number of likely N-dealkylation sites (tertiary alicyclic amines) is 1. The molecule has 1 amide bonds. The normalized spacial score (nSPS) is 17.8. The maximum Gasteiger partial charge on any atom is 0.270 e. The smallest absolute Gasteiger partial charge is 0.270 e. The highest BCUT2D eigenvalue weighted by atomic mass is 16.5. The summed E-state index contributed by atoms with van der Waals surface area (Å²) in [6.07, 6.45) is 3.38. The molecule has 1 aromatic carbocycles. The van der Waals surface area contributed by atoms with E-state index < -0.39 is 0 Å². The number of ether oxygens (including phenoxy) is 1. The molecular weight excluding hydrogens is 304 g/mol. The number of piperidine rings is 1. The van der Waals surface area contributed by atoms with Gasteiger partial charge in [0.2, 0.25) is 5.88 Å². The van der Waals surface area contributed by atoms with Crippen LogP contribution in [-0.4, -0.2) is 45.2 Å². The van der Waals surface area contributed by atoms with Gasteiger partial charge in [-0.1, -0.05) is 18.2 Å². The quantitative estimate of drug-likeness (QED) is 0.805. The van der Waals surface area contributed by atoms with Gasteiger partial charge in [-0.25, -0.2) is 0 Å². The van der Waals surface area contributed by atoms with Crippen LogP contribution in [0.2, 0.25) is 0 Å². The van der Waals surface area contributed by atoms with Crippen molar-refractivity contribution < 1.29 is 9.53 Å². The van der Waals surface area contributed by atoms with E-state index in [2.05, 4.69) is 15.2 Å².